The normalized spacial score (nSPS) is 22.7. The Kier molecular flexibility index (Phi) is 4.09. The molecular weight excluding hydrogens is 316 g/mol. The van der Waals surface area contributed by atoms with Crippen LogP contribution in [0.5, 0.6) is 11.5 Å². The molecule has 2 aromatic carbocycles. The summed E-state index contributed by atoms with van der Waals surface area (Å²) in [5.41, 5.74) is 1.69. The number of nitrogens with zero attached hydrogens (tertiary/aromatic N) is 1. The molecule has 2 aliphatic heterocycles. The van der Waals surface area contributed by atoms with E-state index in [1.165, 1.54) is 5.56 Å². The van der Waals surface area contributed by atoms with Crippen LogP contribution in [-0.4, -0.2) is 36.2 Å². The van der Waals surface area contributed by atoms with E-state index in [-0.39, 0.29) is 12.7 Å². The molecule has 1 atom stereocenters. The zero-order chi connectivity index (χ0) is 17.3. The van der Waals surface area contributed by atoms with Gasteiger partial charge in [-0.15, -0.1) is 0 Å². The summed E-state index contributed by atoms with van der Waals surface area (Å²) in [4.78, 5) is 15.0. The fourth-order valence-electron chi connectivity index (χ4n) is 3.58. The van der Waals surface area contributed by atoms with Crippen molar-refractivity contribution >= 4 is 5.91 Å². The molecule has 0 aromatic heterocycles. The maximum atomic E-state index is 12.7. The van der Waals surface area contributed by atoms with Crippen LogP contribution in [0.2, 0.25) is 0 Å². The van der Waals surface area contributed by atoms with Gasteiger partial charge in [-0.25, -0.2) is 0 Å². The van der Waals surface area contributed by atoms with Crippen molar-refractivity contribution in [1.29, 1.82) is 0 Å². The van der Waals surface area contributed by atoms with E-state index in [4.69, 9.17) is 9.47 Å². The van der Waals surface area contributed by atoms with Crippen molar-refractivity contribution in [2.24, 2.45) is 0 Å². The lowest BCUT2D eigenvalue weighted by Crippen LogP contribution is -2.63. The summed E-state index contributed by atoms with van der Waals surface area (Å²) in [6.07, 6.45) is 0.627. The van der Waals surface area contributed by atoms with Crippen LogP contribution in [0.15, 0.2) is 48.5 Å². The van der Waals surface area contributed by atoms with Gasteiger partial charge in [0, 0.05) is 19.6 Å². The van der Waals surface area contributed by atoms with E-state index < -0.39 is 5.54 Å². The molecule has 2 heterocycles. The molecule has 5 nitrogen and oxygen atoms in total. The summed E-state index contributed by atoms with van der Waals surface area (Å²) < 4.78 is 10.9. The number of rotatable bonds is 4. The molecule has 1 saturated heterocycles. The van der Waals surface area contributed by atoms with Gasteiger partial charge in [0.25, 0.3) is 0 Å². The minimum Gasteiger partial charge on any atom is -0.454 e. The highest BCUT2D eigenvalue weighted by atomic mass is 16.7. The Morgan fingerprint density at radius 1 is 1.08 bits per heavy atom. The lowest BCUT2D eigenvalue weighted by atomic mass is 9.87. The van der Waals surface area contributed by atoms with Crippen molar-refractivity contribution in [3.8, 4) is 11.5 Å². The van der Waals surface area contributed by atoms with Crippen molar-refractivity contribution in [3.05, 3.63) is 59.7 Å². The first-order chi connectivity index (χ1) is 12.1. The van der Waals surface area contributed by atoms with Gasteiger partial charge in [0.05, 0.1) is 0 Å². The molecular formula is C20H22N2O3. The summed E-state index contributed by atoms with van der Waals surface area (Å²) in [7, 11) is 0. The Hall–Kier alpha value is -2.53. The van der Waals surface area contributed by atoms with Crippen molar-refractivity contribution in [1.82, 2.24) is 10.2 Å². The van der Waals surface area contributed by atoms with Crippen LogP contribution in [-0.2, 0) is 17.8 Å². The van der Waals surface area contributed by atoms with Gasteiger partial charge in [-0.3, -0.25) is 9.69 Å². The number of carbonyl (C=O) groups is 1. The molecule has 0 spiro atoms. The van der Waals surface area contributed by atoms with Crippen LogP contribution in [0.3, 0.4) is 0 Å². The zero-order valence-corrected chi connectivity index (χ0v) is 14.3. The van der Waals surface area contributed by atoms with E-state index in [1.807, 2.05) is 43.3 Å². The maximum absolute atomic E-state index is 12.7. The summed E-state index contributed by atoms with van der Waals surface area (Å²) in [5, 5.41) is 3.02. The van der Waals surface area contributed by atoms with Crippen molar-refractivity contribution < 1.29 is 14.3 Å². The second-order valence-corrected chi connectivity index (χ2v) is 6.80. The standard InChI is InChI=1S/C20H22N2O3/c1-20(12-16-7-8-17-18(11-16)25-14-24-17)19(23)21-9-10-22(20)13-15-5-3-2-4-6-15/h2-8,11H,9-10,12-14H2,1H3,(H,21,23). The molecule has 0 radical (unpaired) electrons. The molecule has 4 rings (SSSR count). The van der Waals surface area contributed by atoms with E-state index in [0.29, 0.717) is 13.0 Å². The first kappa shape index (κ1) is 16.0. The molecule has 1 fully saturated rings. The van der Waals surface area contributed by atoms with E-state index >= 15 is 0 Å². The lowest BCUT2D eigenvalue weighted by Gasteiger charge is -2.44. The molecule has 2 aliphatic rings. The van der Waals surface area contributed by atoms with E-state index in [9.17, 15) is 4.79 Å². The molecule has 0 saturated carbocycles. The summed E-state index contributed by atoms with van der Waals surface area (Å²) in [6, 6.07) is 16.2. The van der Waals surface area contributed by atoms with E-state index in [2.05, 4.69) is 22.3 Å². The Bertz CT molecular complexity index is 778. The average Bonchev–Trinajstić information content (AvgIpc) is 3.08. The number of carbonyl (C=O) groups excluding carboxylic acids is 1. The van der Waals surface area contributed by atoms with Gasteiger partial charge < -0.3 is 14.8 Å². The third-order valence-corrected chi connectivity index (χ3v) is 5.06. The van der Waals surface area contributed by atoms with Gasteiger partial charge in [-0.05, 0) is 36.6 Å². The SMILES string of the molecule is CC1(Cc2ccc3c(c2)OCO3)C(=O)NCCN1Cc1ccccc1. The largest absolute Gasteiger partial charge is 0.454 e. The van der Waals surface area contributed by atoms with Crippen LogP contribution < -0.4 is 14.8 Å². The lowest BCUT2D eigenvalue weighted by molar-refractivity contribution is -0.136. The van der Waals surface area contributed by atoms with Gasteiger partial charge in [0.2, 0.25) is 12.7 Å². The minimum atomic E-state index is -0.595. The summed E-state index contributed by atoms with van der Waals surface area (Å²) in [5.74, 6) is 1.60. The highest BCUT2D eigenvalue weighted by Crippen LogP contribution is 2.34. The minimum absolute atomic E-state index is 0.0762. The number of nitrogens with one attached hydrogen (secondary N) is 1. The van der Waals surface area contributed by atoms with E-state index in [0.717, 1.165) is 30.2 Å². The van der Waals surface area contributed by atoms with Crippen LogP contribution in [0, 0.1) is 0 Å². The molecule has 1 amide bonds. The highest BCUT2D eigenvalue weighted by Gasteiger charge is 2.42. The Morgan fingerprint density at radius 2 is 1.88 bits per heavy atom. The van der Waals surface area contributed by atoms with Crippen LogP contribution >= 0.6 is 0 Å². The Labute approximate surface area is 147 Å². The third-order valence-electron chi connectivity index (χ3n) is 5.06. The number of piperazine rings is 1. The number of hydrogen-bond donors (Lipinski definition) is 1. The predicted octanol–water partition coefficient (Wildman–Crippen LogP) is 2.35. The fraction of sp³-hybridized carbons (Fsp3) is 0.350. The molecule has 5 heteroatoms. The number of fused-ring (bicyclic) bond motifs is 1. The monoisotopic (exact) mass is 338 g/mol. The molecule has 1 N–H and O–H groups in total. The predicted molar refractivity (Wildman–Crippen MR) is 94.5 cm³/mol. The van der Waals surface area contributed by atoms with Gasteiger partial charge >= 0.3 is 0 Å². The topological polar surface area (TPSA) is 50.8 Å². The molecule has 1 unspecified atom stereocenters. The number of amides is 1. The Morgan fingerprint density at radius 3 is 2.72 bits per heavy atom. The number of benzene rings is 2. The number of ether oxygens (including phenoxy) is 2. The second kappa shape index (κ2) is 6.41. The van der Waals surface area contributed by atoms with Crippen LogP contribution in [0.4, 0.5) is 0 Å². The quantitative estimate of drug-likeness (QED) is 0.930. The first-order valence-corrected chi connectivity index (χ1v) is 8.61. The van der Waals surface area contributed by atoms with Gasteiger partial charge in [-0.1, -0.05) is 36.4 Å². The van der Waals surface area contributed by atoms with Crippen molar-refractivity contribution in [2.45, 2.75) is 25.4 Å². The number of hydrogen-bond acceptors (Lipinski definition) is 4. The van der Waals surface area contributed by atoms with Crippen LogP contribution in [0.25, 0.3) is 0 Å². The fourth-order valence-corrected chi connectivity index (χ4v) is 3.58. The highest BCUT2D eigenvalue weighted by molar-refractivity contribution is 5.87. The average molecular weight is 338 g/mol. The summed E-state index contributed by atoms with van der Waals surface area (Å²) in [6.45, 7) is 4.56. The first-order valence-electron chi connectivity index (χ1n) is 8.61. The molecule has 0 bridgehead atoms. The molecule has 0 aliphatic carbocycles. The zero-order valence-electron chi connectivity index (χ0n) is 14.3. The summed E-state index contributed by atoms with van der Waals surface area (Å²) >= 11 is 0. The van der Waals surface area contributed by atoms with Crippen LogP contribution in [0.1, 0.15) is 18.1 Å². The molecule has 2 aromatic rings. The van der Waals surface area contributed by atoms with Crippen molar-refractivity contribution in [2.75, 3.05) is 19.9 Å². The smallest absolute Gasteiger partial charge is 0.240 e. The molecule has 25 heavy (non-hydrogen) atoms. The second-order valence-electron chi connectivity index (χ2n) is 6.80. The maximum Gasteiger partial charge on any atom is 0.240 e. The van der Waals surface area contributed by atoms with Gasteiger partial charge in [0.15, 0.2) is 11.5 Å². The van der Waals surface area contributed by atoms with Gasteiger partial charge in [0.1, 0.15) is 5.54 Å². The van der Waals surface area contributed by atoms with Gasteiger partial charge in [-0.2, -0.15) is 0 Å². The van der Waals surface area contributed by atoms with Crippen molar-refractivity contribution in [3.63, 3.8) is 0 Å². The molecule has 130 valence electrons. The third kappa shape index (κ3) is 3.07. The van der Waals surface area contributed by atoms with E-state index in [1.54, 1.807) is 0 Å². The Balaban J connectivity index is 1.59.